The number of hydrogen-bond acceptors (Lipinski definition) is 0. The Hall–Kier alpha value is -5.40. The van der Waals surface area contributed by atoms with E-state index in [4.69, 9.17) is 0 Å². The van der Waals surface area contributed by atoms with Crippen LogP contribution in [0.15, 0.2) is 140 Å². The van der Waals surface area contributed by atoms with Gasteiger partial charge in [-0.05, 0) is 103 Å². The topological polar surface area (TPSA) is 4.93 Å². The zero-order valence-corrected chi connectivity index (χ0v) is 24.7. The van der Waals surface area contributed by atoms with Crippen molar-refractivity contribution in [3.8, 4) is 50.2 Å². The minimum Gasteiger partial charge on any atom is -0.309 e. The molecule has 44 heavy (non-hydrogen) atoms. The van der Waals surface area contributed by atoms with Crippen LogP contribution in [0.1, 0.15) is 25.0 Å². The molecule has 0 radical (unpaired) electrons. The van der Waals surface area contributed by atoms with Crippen molar-refractivity contribution in [2.45, 2.75) is 19.3 Å². The van der Waals surface area contributed by atoms with E-state index in [1.54, 1.807) is 0 Å². The molecule has 0 saturated carbocycles. The first-order valence-electron chi connectivity index (χ1n) is 15.5. The van der Waals surface area contributed by atoms with Gasteiger partial charge in [-0.25, -0.2) is 0 Å². The molecule has 10 rings (SSSR count). The zero-order chi connectivity index (χ0) is 29.2. The molecular weight excluding hydrogens is 530 g/mol. The van der Waals surface area contributed by atoms with Crippen LogP contribution in [0.4, 0.5) is 0 Å². The van der Waals surface area contributed by atoms with Crippen molar-refractivity contribution in [2.24, 2.45) is 0 Å². The minimum atomic E-state index is -0.0158. The summed E-state index contributed by atoms with van der Waals surface area (Å²) in [7, 11) is 0. The van der Waals surface area contributed by atoms with Crippen LogP contribution >= 0.6 is 0 Å². The summed E-state index contributed by atoms with van der Waals surface area (Å²) in [5.74, 6) is 0. The molecule has 0 bridgehead atoms. The zero-order valence-electron chi connectivity index (χ0n) is 24.7. The van der Waals surface area contributed by atoms with E-state index >= 15 is 0 Å². The summed E-state index contributed by atoms with van der Waals surface area (Å²) >= 11 is 0. The molecule has 7 aromatic carbocycles. The van der Waals surface area contributed by atoms with Gasteiger partial charge >= 0.3 is 0 Å². The van der Waals surface area contributed by atoms with Crippen LogP contribution in [0, 0.1) is 0 Å². The summed E-state index contributed by atoms with van der Waals surface area (Å²) in [5.41, 5.74) is 17.1. The molecule has 0 N–H and O–H groups in total. The van der Waals surface area contributed by atoms with Crippen LogP contribution in [0.3, 0.4) is 0 Å². The Balaban J connectivity index is 1.18. The third-order valence-electron chi connectivity index (χ3n) is 10.3. The number of nitrogens with zero attached hydrogens (tertiary/aromatic N) is 1. The molecule has 1 heterocycles. The second kappa shape index (κ2) is 8.36. The third-order valence-corrected chi connectivity index (χ3v) is 10.3. The molecule has 206 valence electrons. The number of fused-ring (bicyclic) bond motifs is 9. The largest absolute Gasteiger partial charge is 0.309 e. The van der Waals surface area contributed by atoms with Crippen molar-refractivity contribution < 1.29 is 0 Å². The normalized spacial score (nSPS) is 13.9. The molecular formula is C43H29N. The van der Waals surface area contributed by atoms with Crippen LogP contribution in [0.25, 0.3) is 82.8 Å². The molecule has 0 amide bonds. The summed E-state index contributed by atoms with van der Waals surface area (Å²) in [6, 6.07) is 52.1. The maximum Gasteiger partial charge on any atom is 0.0541 e. The van der Waals surface area contributed by atoms with Crippen LogP contribution in [0.5, 0.6) is 0 Å². The van der Waals surface area contributed by atoms with Gasteiger partial charge in [-0.15, -0.1) is 0 Å². The molecule has 1 aromatic heterocycles. The highest BCUT2D eigenvalue weighted by molar-refractivity contribution is 6.17. The maximum atomic E-state index is 2.46. The summed E-state index contributed by atoms with van der Waals surface area (Å²) < 4.78 is 2.46. The number of benzene rings is 7. The summed E-state index contributed by atoms with van der Waals surface area (Å²) in [5, 5.41) is 5.22. The maximum absolute atomic E-state index is 2.46. The first kappa shape index (κ1) is 24.1. The molecule has 0 saturated heterocycles. The number of para-hydroxylation sites is 1. The Morgan fingerprint density at radius 1 is 0.432 bits per heavy atom. The van der Waals surface area contributed by atoms with Crippen LogP contribution in [-0.4, -0.2) is 4.57 Å². The van der Waals surface area contributed by atoms with E-state index in [-0.39, 0.29) is 5.41 Å². The van der Waals surface area contributed by atoms with E-state index in [1.165, 1.54) is 93.9 Å². The lowest BCUT2D eigenvalue weighted by Crippen LogP contribution is -2.14. The molecule has 1 nitrogen and oxygen atoms in total. The van der Waals surface area contributed by atoms with Gasteiger partial charge in [0.1, 0.15) is 0 Å². The van der Waals surface area contributed by atoms with E-state index in [1.807, 2.05) is 0 Å². The lowest BCUT2D eigenvalue weighted by atomic mass is 9.81. The van der Waals surface area contributed by atoms with Gasteiger partial charge in [0, 0.05) is 21.9 Å². The van der Waals surface area contributed by atoms with Crippen LogP contribution in [-0.2, 0) is 5.41 Å². The summed E-state index contributed by atoms with van der Waals surface area (Å²) in [4.78, 5) is 0. The van der Waals surface area contributed by atoms with Crippen molar-refractivity contribution in [1.29, 1.82) is 0 Å². The second-order valence-electron chi connectivity index (χ2n) is 13.0. The Labute approximate surface area is 256 Å². The van der Waals surface area contributed by atoms with Crippen molar-refractivity contribution >= 4 is 32.6 Å². The van der Waals surface area contributed by atoms with Gasteiger partial charge in [-0.3, -0.25) is 0 Å². The molecule has 2 aliphatic rings. The third kappa shape index (κ3) is 3.04. The van der Waals surface area contributed by atoms with Gasteiger partial charge in [0.05, 0.1) is 11.0 Å². The molecule has 0 fully saturated rings. The van der Waals surface area contributed by atoms with Crippen molar-refractivity contribution in [3.05, 3.63) is 151 Å². The lowest BCUT2D eigenvalue weighted by molar-refractivity contribution is 0.660. The van der Waals surface area contributed by atoms with E-state index in [9.17, 15) is 0 Å². The van der Waals surface area contributed by atoms with Gasteiger partial charge in [0.2, 0.25) is 0 Å². The Morgan fingerprint density at radius 2 is 1.09 bits per heavy atom. The average molecular weight is 560 g/mol. The summed E-state index contributed by atoms with van der Waals surface area (Å²) in [6.07, 6.45) is 0. The number of rotatable bonds is 2. The van der Waals surface area contributed by atoms with E-state index in [0.717, 1.165) is 0 Å². The second-order valence-corrected chi connectivity index (χ2v) is 13.0. The Kier molecular flexibility index (Phi) is 4.58. The fraction of sp³-hybridized carbons (Fsp3) is 0.0698. The summed E-state index contributed by atoms with van der Waals surface area (Å²) in [6.45, 7) is 4.71. The predicted octanol–water partition coefficient (Wildman–Crippen LogP) is 11.6. The van der Waals surface area contributed by atoms with Crippen LogP contribution in [0.2, 0.25) is 0 Å². The average Bonchev–Trinajstić information content (AvgIpc) is 3.65. The fourth-order valence-corrected chi connectivity index (χ4v) is 8.25. The van der Waals surface area contributed by atoms with Crippen molar-refractivity contribution in [3.63, 3.8) is 0 Å². The molecule has 2 aliphatic carbocycles. The van der Waals surface area contributed by atoms with Crippen LogP contribution < -0.4 is 0 Å². The molecule has 8 aromatic rings. The molecule has 0 aliphatic heterocycles. The standard InChI is InChI=1S/C43H29N/c1-43(2)38-16-7-5-13-32(38)33-20-18-27(24-39(33)43)26-19-21-41-36(23-26)34-14-6-8-17-40(34)44(41)29-22-28-10-9-15-35-30-11-3-4-12-31(30)37(25-29)42(28)35/h3-25H,1-2H3. The Bertz CT molecular complexity index is 2520. The van der Waals surface area contributed by atoms with Gasteiger partial charge < -0.3 is 4.57 Å². The predicted molar refractivity (Wildman–Crippen MR) is 186 cm³/mol. The van der Waals surface area contributed by atoms with Crippen molar-refractivity contribution in [2.75, 3.05) is 0 Å². The molecule has 0 atom stereocenters. The van der Waals surface area contributed by atoms with Gasteiger partial charge in [0.25, 0.3) is 0 Å². The van der Waals surface area contributed by atoms with Gasteiger partial charge in [-0.1, -0.05) is 117 Å². The van der Waals surface area contributed by atoms with E-state index in [2.05, 4.69) is 158 Å². The molecule has 1 heteroatoms. The van der Waals surface area contributed by atoms with Gasteiger partial charge in [0.15, 0.2) is 0 Å². The first-order valence-corrected chi connectivity index (χ1v) is 15.5. The van der Waals surface area contributed by atoms with E-state index in [0.29, 0.717) is 0 Å². The monoisotopic (exact) mass is 559 g/mol. The minimum absolute atomic E-state index is 0.0158. The van der Waals surface area contributed by atoms with Crippen molar-refractivity contribution in [1.82, 2.24) is 4.57 Å². The number of hydrogen-bond donors (Lipinski definition) is 0. The highest BCUT2D eigenvalue weighted by atomic mass is 15.0. The molecule has 0 unspecified atom stereocenters. The Morgan fingerprint density at radius 3 is 1.98 bits per heavy atom. The van der Waals surface area contributed by atoms with E-state index < -0.39 is 0 Å². The highest BCUT2D eigenvalue weighted by Gasteiger charge is 2.35. The lowest BCUT2D eigenvalue weighted by Gasteiger charge is -2.22. The SMILES string of the molecule is CC1(C)c2ccccc2-c2ccc(-c3ccc4c(c3)c3ccccc3n4-c3cc4c5c(cccc5c3)-c3ccccc3-4)cc21. The quantitative estimate of drug-likeness (QED) is 0.198. The molecule has 0 spiro atoms. The fourth-order valence-electron chi connectivity index (χ4n) is 8.25. The smallest absolute Gasteiger partial charge is 0.0541 e. The highest BCUT2D eigenvalue weighted by Crippen LogP contribution is 2.51. The first-order chi connectivity index (χ1) is 21.6. The number of aromatic nitrogens is 1. The van der Waals surface area contributed by atoms with Gasteiger partial charge in [-0.2, -0.15) is 0 Å².